The third kappa shape index (κ3) is 12.6. The number of halogens is 3. The van der Waals surface area contributed by atoms with Gasteiger partial charge in [0.25, 0.3) is 10.1 Å². The lowest BCUT2D eigenvalue weighted by molar-refractivity contribution is 0.300. The molecule has 8 heteroatoms. The molecule has 0 radical (unpaired) electrons. The zero-order valence-corrected chi connectivity index (χ0v) is 22.4. The maximum Gasteiger partial charge on any atom is 0.264 e. The fourth-order valence-electron chi connectivity index (χ4n) is 2.49. The summed E-state index contributed by atoms with van der Waals surface area (Å²) in [5, 5.41) is 0. The number of ether oxygens (including phenoxy) is 1. The van der Waals surface area contributed by atoms with Gasteiger partial charge in [-0.1, -0.05) is 44.9 Å². The van der Waals surface area contributed by atoms with Gasteiger partial charge in [0.1, 0.15) is 5.75 Å². The SMILES string of the molecule is CS(=O)(=O)OCCCCCCCCCCCOc1c(I)cc(I)cc1I. The van der Waals surface area contributed by atoms with Crippen LogP contribution in [0.1, 0.15) is 57.8 Å². The van der Waals surface area contributed by atoms with Gasteiger partial charge < -0.3 is 4.74 Å². The van der Waals surface area contributed by atoms with E-state index < -0.39 is 10.1 Å². The first-order valence-corrected chi connectivity index (χ1v) is 14.0. The Labute approximate surface area is 199 Å². The molecule has 0 saturated heterocycles. The average Bonchev–Trinajstić information content (AvgIpc) is 2.52. The first-order valence-electron chi connectivity index (χ1n) is 8.91. The standard InChI is InChI=1S/C18H27I3O4S/c1-26(22,23)25-12-10-8-6-4-2-3-5-7-9-11-24-18-16(20)13-15(19)14-17(18)21/h13-14H,2-12H2,1H3. The number of benzene rings is 1. The van der Waals surface area contributed by atoms with E-state index in [1.54, 1.807) is 0 Å². The van der Waals surface area contributed by atoms with Gasteiger partial charge in [-0.15, -0.1) is 0 Å². The molecule has 150 valence electrons. The van der Waals surface area contributed by atoms with Crippen molar-refractivity contribution in [3.8, 4) is 5.75 Å². The van der Waals surface area contributed by atoms with Crippen LogP contribution in [0.15, 0.2) is 12.1 Å². The second-order valence-electron chi connectivity index (χ2n) is 6.26. The summed E-state index contributed by atoms with van der Waals surface area (Å²) in [6, 6.07) is 4.29. The maximum atomic E-state index is 10.8. The first-order chi connectivity index (χ1) is 12.3. The van der Waals surface area contributed by atoms with Crippen molar-refractivity contribution >= 4 is 77.9 Å². The van der Waals surface area contributed by atoms with Crippen LogP contribution in [0.25, 0.3) is 0 Å². The summed E-state index contributed by atoms with van der Waals surface area (Å²) in [5.74, 6) is 1.02. The highest BCUT2D eigenvalue weighted by Gasteiger charge is 2.07. The Hall–Kier alpha value is 1.12. The molecule has 0 aliphatic heterocycles. The highest BCUT2D eigenvalue weighted by molar-refractivity contribution is 14.1. The molecule has 0 amide bonds. The lowest BCUT2D eigenvalue weighted by atomic mass is 10.1. The summed E-state index contributed by atoms with van der Waals surface area (Å²) in [5.41, 5.74) is 0. The lowest BCUT2D eigenvalue weighted by Gasteiger charge is -2.11. The van der Waals surface area contributed by atoms with E-state index in [0.717, 1.165) is 44.3 Å². The van der Waals surface area contributed by atoms with Gasteiger partial charge in [-0.3, -0.25) is 4.18 Å². The predicted molar refractivity (Wildman–Crippen MR) is 132 cm³/mol. The smallest absolute Gasteiger partial charge is 0.264 e. The zero-order chi connectivity index (χ0) is 19.4. The topological polar surface area (TPSA) is 52.6 Å². The number of rotatable bonds is 14. The van der Waals surface area contributed by atoms with E-state index in [4.69, 9.17) is 8.92 Å². The molecular formula is C18H27I3O4S. The molecule has 0 spiro atoms. The molecule has 4 nitrogen and oxygen atoms in total. The van der Waals surface area contributed by atoms with Crippen LogP contribution in [-0.2, 0) is 14.3 Å². The summed E-state index contributed by atoms with van der Waals surface area (Å²) >= 11 is 7.01. The van der Waals surface area contributed by atoms with Crippen molar-refractivity contribution < 1.29 is 17.3 Å². The van der Waals surface area contributed by atoms with Crippen molar-refractivity contribution in [2.24, 2.45) is 0 Å². The molecule has 1 aromatic rings. The van der Waals surface area contributed by atoms with Crippen molar-refractivity contribution in [3.05, 3.63) is 22.8 Å². The molecular weight excluding hydrogens is 693 g/mol. The monoisotopic (exact) mass is 720 g/mol. The molecule has 0 aliphatic carbocycles. The molecule has 0 aromatic heterocycles. The lowest BCUT2D eigenvalue weighted by Crippen LogP contribution is -2.03. The van der Waals surface area contributed by atoms with E-state index in [9.17, 15) is 8.42 Å². The van der Waals surface area contributed by atoms with Crippen molar-refractivity contribution in [3.63, 3.8) is 0 Å². The van der Waals surface area contributed by atoms with Crippen molar-refractivity contribution in [1.29, 1.82) is 0 Å². The largest absolute Gasteiger partial charge is 0.491 e. The van der Waals surface area contributed by atoms with Gasteiger partial charge in [-0.2, -0.15) is 8.42 Å². The van der Waals surface area contributed by atoms with Gasteiger partial charge in [0.15, 0.2) is 0 Å². The molecule has 0 N–H and O–H groups in total. The van der Waals surface area contributed by atoms with Gasteiger partial charge >= 0.3 is 0 Å². The van der Waals surface area contributed by atoms with Crippen LogP contribution in [-0.4, -0.2) is 27.9 Å². The highest BCUT2D eigenvalue weighted by Crippen LogP contribution is 2.29. The molecule has 0 unspecified atom stereocenters. The van der Waals surface area contributed by atoms with E-state index in [0.29, 0.717) is 6.61 Å². The first kappa shape index (κ1) is 25.2. The van der Waals surface area contributed by atoms with Crippen LogP contribution < -0.4 is 4.74 Å². The Morgan fingerprint density at radius 1 is 0.769 bits per heavy atom. The molecule has 1 aromatic carbocycles. The molecule has 0 saturated carbocycles. The van der Waals surface area contributed by atoms with E-state index in [-0.39, 0.29) is 0 Å². The predicted octanol–water partition coefficient (Wildman–Crippen LogP) is 6.37. The van der Waals surface area contributed by atoms with Crippen molar-refractivity contribution in [2.75, 3.05) is 19.5 Å². The summed E-state index contributed by atoms with van der Waals surface area (Å²) in [4.78, 5) is 0. The minimum absolute atomic E-state index is 0.317. The fraction of sp³-hybridized carbons (Fsp3) is 0.667. The minimum atomic E-state index is -3.27. The van der Waals surface area contributed by atoms with Gasteiger partial charge in [-0.25, -0.2) is 0 Å². The Morgan fingerprint density at radius 2 is 1.19 bits per heavy atom. The van der Waals surface area contributed by atoms with E-state index in [2.05, 4.69) is 79.9 Å². The van der Waals surface area contributed by atoms with Gasteiger partial charge in [-0.05, 0) is 92.7 Å². The second kappa shape index (κ2) is 14.2. The molecule has 0 bridgehead atoms. The molecule has 1 rings (SSSR count). The number of unbranched alkanes of at least 4 members (excludes halogenated alkanes) is 8. The Bertz CT molecular complexity index is 612. The Morgan fingerprint density at radius 3 is 1.65 bits per heavy atom. The van der Waals surface area contributed by atoms with Crippen LogP contribution in [0.2, 0.25) is 0 Å². The summed E-state index contributed by atoms with van der Waals surface area (Å²) in [6.45, 7) is 1.10. The van der Waals surface area contributed by atoms with Crippen LogP contribution in [0.4, 0.5) is 0 Å². The normalized spacial score (nSPS) is 11.7. The minimum Gasteiger partial charge on any atom is -0.491 e. The van der Waals surface area contributed by atoms with Crippen molar-refractivity contribution in [2.45, 2.75) is 57.8 Å². The van der Waals surface area contributed by atoms with Crippen LogP contribution in [0.3, 0.4) is 0 Å². The van der Waals surface area contributed by atoms with E-state index >= 15 is 0 Å². The van der Waals surface area contributed by atoms with E-state index in [1.165, 1.54) is 42.8 Å². The van der Waals surface area contributed by atoms with Crippen molar-refractivity contribution in [1.82, 2.24) is 0 Å². The second-order valence-corrected chi connectivity index (χ2v) is 11.5. The maximum absolute atomic E-state index is 10.8. The number of hydrogen-bond donors (Lipinski definition) is 0. The average molecular weight is 720 g/mol. The molecule has 0 heterocycles. The van der Waals surface area contributed by atoms with E-state index in [1.807, 2.05) is 0 Å². The van der Waals surface area contributed by atoms with Crippen LogP contribution in [0, 0.1) is 10.7 Å². The van der Waals surface area contributed by atoms with Crippen LogP contribution in [0.5, 0.6) is 5.75 Å². The van der Waals surface area contributed by atoms with Gasteiger partial charge in [0, 0.05) is 3.57 Å². The quantitative estimate of drug-likeness (QED) is 0.128. The fourth-order valence-corrected chi connectivity index (χ4v) is 6.81. The molecule has 0 fully saturated rings. The number of hydrogen-bond acceptors (Lipinski definition) is 4. The Balaban J connectivity index is 1.94. The summed E-state index contributed by atoms with van der Waals surface area (Å²) in [6.07, 6.45) is 11.4. The molecule has 26 heavy (non-hydrogen) atoms. The third-order valence-corrected chi connectivity index (χ3v) is 6.62. The highest BCUT2D eigenvalue weighted by atomic mass is 127. The summed E-state index contributed by atoms with van der Waals surface area (Å²) in [7, 11) is -3.27. The molecule has 0 atom stereocenters. The van der Waals surface area contributed by atoms with Gasteiger partial charge in [0.05, 0.1) is 26.6 Å². The zero-order valence-electron chi connectivity index (χ0n) is 15.1. The van der Waals surface area contributed by atoms with Gasteiger partial charge in [0.2, 0.25) is 0 Å². The van der Waals surface area contributed by atoms with Crippen LogP contribution >= 0.6 is 67.8 Å². The summed E-state index contributed by atoms with van der Waals surface area (Å²) < 4.78 is 35.9. The Kier molecular flexibility index (Phi) is 13.7. The third-order valence-electron chi connectivity index (χ3n) is 3.80. The molecule has 0 aliphatic rings.